The van der Waals surface area contributed by atoms with Crippen LogP contribution in [0.4, 0.5) is 17.1 Å². The number of hydrogen-bond donors (Lipinski definition) is 3. The fourth-order valence-electron chi connectivity index (χ4n) is 2.57. The Kier molecular flexibility index (Phi) is 8.52. The quantitative estimate of drug-likeness (QED) is 0.537. The van der Waals surface area contributed by atoms with E-state index in [1.165, 1.54) is 0 Å². The van der Waals surface area contributed by atoms with Crippen LogP contribution in [0.25, 0.3) is 0 Å². The molecule has 2 aromatic carbocycles. The Bertz CT molecular complexity index is 834. The molecule has 0 aliphatic rings. The molecule has 6 heteroatoms. The van der Waals surface area contributed by atoms with E-state index in [1.807, 2.05) is 56.3 Å². The van der Waals surface area contributed by atoms with E-state index in [0.717, 1.165) is 29.1 Å². The van der Waals surface area contributed by atoms with Crippen molar-refractivity contribution in [1.29, 1.82) is 0 Å². The van der Waals surface area contributed by atoms with Gasteiger partial charge in [0.2, 0.25) is 11.8 Å². The number of ether oxygens (including phenoxy) is 1. The van der Waals surface area contributed by atoms with Gasteiger partial charge in [0.1, 0.15) is 5.75 Å². The van der Waals surface area contributed by atoms with Crippen molar-refractivity contribution in [2.24, 2.45) is 5.92 Å². The zero-order chi connectivity index (χ0) is 21.2. The molecule has 0 aliphatic heterocycles. The lowest BCUT2D eigenvalue weighted by atomic mass is 10.1. The molecule has 0 heterocycles. The van der Waals surface area contributed by atoms with Crippen LogP contribution in [-0.2, 0) is 9.59 Å². The van der Waals surface area contributed by atoms with E-state index in [2.05, 4.69) is 29.8 Å². The third kappa shape index (κ3) is 7.86. The molecule has 29 heavy (non-hydrogen) atoms. The Balaban J connectivity index is 1.88. The predicted molar refractivity (Wildman–Crippen MR) is 119 cm³/mol. The summed E-state index contributed by atoms with van der Waals surface area (Å²) in [5.41, 5.74) is 3.17. The number of carbonyl (C=O) groups is 2. The summed E-state index contributed by atoms with van der Waals surface area (Å²) < 4.78 is 5.73. The number of rotatable bonds is 10. The van der Waals surface area contributed by atoms with E-state index < -0.39 is 0 Å². The lowest BCUT2D eigenvalue weighted by Crippen LogP contribution is -2.22. The van der Waals surface area contributed by atoms with Gasteiger partial charge in [-0.3, -0.25) is 9.59 Å². The lowest BCUT2D eigenvalue weighted by molar-refractivity contribution is -0.116. The highest BCUT2D eigenvalue weighted by Gasteiger charge is 2.07. The van der Waals surface area contributed by atoms with Crippen LogP contribution >= 0.6 is 0 Å². The normalized spacial score (nSPS) is 10.5. The first-order valence-electron chi connectivity index (χ1n) is 10.0. The van der Waals surface area contributed by atoms with Crippen LogP contribution in [0.2, 0.25) is 0 Å². The maximum Gasteiger partial charge on any atom is 0.243 e. The number of carbonyl (C=O) groups excluding carboxylic acids is 2. The SMILES string of the molecule is CCC(=O)Nc1cc(NCC(=O)Nc2cccc(OCCC(C)C)c2)ccc1C. The molecule has 0 saturated carbocycles. The Hall–Kier alpha value is -3.02. The fraction of sp³-hybridized carbons (Fsp3) is 0.391. The van der Waals surface area contributed by atoms with Crippen LogP contribution < -0.4 is 20.7 Å². The molecule has 3 N–H and O–H groups in total. The number of aryl methyl sites for hydroxylation is 1. The van der Waals surface area contributed by atoms with Crippen LogP contribution in [0.1, 0.15) is 39.2 Å². The van der Waals surface area contributed by atoms with Crippen LogP contribution in [0, 0.1) is 12.8 Å². The van der Waals surface area contributed by atoms with Gasteiger partial charge in [0.05, 0.1) is 13.2 Å². The van der Waals surface area contributed by atoms with E-state index in [4.69, 9.17) is 4.74 Å². The number of benzene rings is 2. The zero-order valence-corrected chi connectivity index (χ0v) is 17.7. The highest BCUT2D eigenvalue weighted by atomic mass is 16.5. The summed E-state index contributed by atoms with van der Waals surface area (Å²) in [6.45, 7) is 8.81. The van der Waals surface area contributed by atoms with Gasteiger partial charge in [0.25, 0.3) is 0 Å². The molecule has 6 nitrogen and oxygen atoms in total. The Morgan fingerprint density at radius 3 is 2.52 bits per heavy atom. The first-order valence-corrected chi connectivity index (χ1v) is 10.0. The maximum atomic E-state index is 12.3. The first-order chi connectivity index (χ1) is 13.9. The van der Waals surface area contributed by atoms with Crippen molar-refractivity contribution in [2.75, 3.05) is 29.1 Å². The van der Waals surface area contributed by atoms with Gasteiger partial charge in [-0.2, -0.15) is 0 Å². The van der Waals surface area contributed by atoms with Gasteiger partial charge in [-0.1, -0.05) is 32.9 Å². The van der Waals surface area contributed by atoms with Crippen LogP contribution in [0.15, 0.2) is 42.5 Å². The number of hydrogen-bond acceptors (Lipinski definition) is 4. The van der Waals surface area contributed by atoms with E-state index in [-0.39, 0.29) is 18.4 Å². The topological polar surface area (TPSA) is 79.5 Å². The third-order valence-corrected chi connectivity index (χ3v) is 4.37. The molecule has 0 spiro atoms. The van der Waals surface area contributed by atoms with Gasteiger partial charge < -0.3 is 20.7 Å². The van der Waals surface area contributed by atoms with Gasteiger partial charge >= 0.3 is 0 Å². The van der Waals surface area contributed by atoms with Crippen molar-refractivity contribution in [3.8, 4) is 5.75 Å². The van der Waals surface area contributed by atoms with Crippen LogP contribution in [0.3, 0.4) is 0 Å². The van der Waals surface area contributed by atoms with Gasteiger partial charge in [-0.05, 0) is 49.1 Å². The minimum absolute atomic E-state index is 0.0431. The third-order valence-electron chi connectivity index (χ3n) is 4.37. The Morgan fingerprint density at radius 1 is 1.00 bits per heavy atom. The van der Waals surface area contributed by atoms with Gasteiger partial charge in [0.15, 0.2) is 0 Å². The molecule has 0 saturated heterocycles. The van der Waals surface area contributed by atoms with Crippen molar-refractivity contribution in [2.45, 2.75) is 40.5 Å². The van der Waals surface area contributed by atoms with E-state index >= 15 is 0 Å². The largest absolute Gasteiger partial charge is 0.494 e. The molecular weight excluding hydrogens is 366 g/mol. The summed E-state index contributed by atoms with van der Waals surface area (Å²) in [6.07, 6.45) is 1.40. The molecule has 2 amide bonds. The van der Waals surface area contributed by atoms with E-state index in [0.29, 0.717) is 24.6 Å². The zero-order valence-electron chi connectivity index (χ0n) is 17.7. The highest BCUT2D eigenvalue weighted by molar-refractivity contribution is 5.94. The molecule has 0 bridgehead atoms. The average molecular weight is 398 g/mol. The molecule has 0 unspecified atom stereocenters. The summed E-state index contributed by atoms with van der Waals surface area (Å²) in [4.78, 5) is 23.9. The summed E-state index contributed by atoms with van der Waals surface area (Å²) >= 11 is 0. The maximum absolute atomic E-state index is 12.3. The van der Waals surface area contributed by atoms with Crippen molar-refractivity contribution in [3.05, 3.63) is 48.0 Å². The Morgan fingerprint density at radius 2 is 1.79 bits per heavy atom. The molecule has 0 aliphatic carbocycles. The number of anilines is 3. The predicted octanol–water partition coefficient (Wildman–Crippen LogP) is 4.82. The summed E-state index contributed by atoms with van der Waals surface area (Å²) in [7, 11) is 0. The minimum atomic E-state index is -0.163. The van der Waals surface area contributed by atoms with Gasteiger partial charge in [0, 0.05) is 29.5 Å². The fourth-order valence-corrected chi connectivity index (χ4v) is 2.57. The van der Waals surface area contributed by atoms with Crippen molar-refractivity contribution in [1.82, 2.24) is 0 Å². The molecule has 0 aromatic heterocycles. The molecule has 0 fully saturated rings. The second-order valence-corrected chi connectivity index (χ2v) is 7.39. The first kappa shape index (κ1) is 22.3. The number of nitrogens with one attached hydrogen (secondary N) is 3. The lowest BCUT2D eigenvalue weighted by Gasteiger charge is -2.13. The van der Waals surface area contributed by atoms with Crippen LogP contribution in [0.5, 0.6) is 5.75 Å². The van der Waals surface area contributed by atoms with E-state index in [1.54, 1.807) is 0 Å². The van der Waals surface area contributed by atoms with Crippen molar-refractivity contribution in [3.63, 3.8) is 0 Å². The summed E-state index contributed by atoms with van der Waals surface area (Å²) in [5.74, 6) is 1.12. The molecule has 0 radical (unpaired) electrons. The van der Waals surface area contributed by atoms with Gasteiger partial charge in [-0.15, -0.1) is 0 Å². The second-order valence-electron chi connectivity index (χ2n) is 7.39. The van der Waals surface area contributed by atoms with Crippen molar-refractivity contribution >= 4 is 28.9 Å². The molecule has 0 atom stereocenters. The molecule has 2 rings (SSSR count). The standard InChI is InChI=1S/C23H31N3O3/c1-5-22(27)26-21-14-18(10-9-17(21)4)24-15-23(28)25-19-7-6-8-20(13-19)29-12-11-16(2)3/h6-10,13-14,16,24H,5,11-12,15H2,1-4H3,(H,25,28)(H,26,27). The Labute approximate surface area is 173 Å². The monoisotopic (exact) mass is 397 g/mol. The van der Waals surface area contributed by atoms with Crippen molar-refractivity contribution < 1.29 is 14.3 Å². The average Bonchev–Trinajstić information content (AvgIpc) is 2.68. The summed E-state index contributed by atoms with van der Waals surface area (Å²) in [6, 6.07) is 13.0. The molecule has 2 aromatic rings. The van der Waals surface area contributed by atoms with Crippen LogP contribution in [-0.4, -0.2) is 25.0 Å². The highest BCUT2D eigenvalue weighted by Crippen LogP contribution is 2.21. The molecule has 156 valence electrons. The second kappa shape index (κ2) is 11.1. The smallest absolute Gasteiger partial charge is 0.243 e. The summed E-state index contributed by atoms with van der Waals surface area (Å²) in [5, 5.41) is 8.82. The molecular formula is C23H31N3O3. The van der Waals surface area contributed by atoms with Gasteiger partial charge in [-0.25, -0.2) is 0 Å². The van der Waals surface area contributed by atoms with E-state index in [9.17, 15) is 9.59 Å². The number of amides is 2. The minimum Gasteiger partial charge on any atom is -0.494 e.